The van der Waals surface area contributed by atoms with Crippen LogP contribution in [0.4, 0.5) is 10.2 Å². The third-order valence-corrected chi connectivity index (χ3v) is 13.4. The Morgan fingerprint density at radius 3 is 2.32 bits per heavy atom. The summed E-state index contributed by atoms with van der Waals surface area (Å²) < 4.78 is 50.9. The number of rotatable bonds is 11. The van der Waals surface area contributed by atoms with Gasteiger partial charge in [0.2, 0.25) is 5.91 Å². The summed E-state index contributed by atoms with van der Waals surface area (Å²) in [5, 5.41) is 0. The predicted octanol–water partition coefficient (Wildman–Crippen LogP) is 4.25. The van der Waals surface area contributed by atoms with Gasteiger partial charge < -0.3 is 24.3 Å². The van der Waals surface area contributed by atoms with Crippen molar-refractivity contribution >= 4 is 27.8 Å². The second kappa shape index (κ2) is 16.4. The zero-order chi connectivity index (χ0) is 37.9. The lowest BCUT2D eigenvalue weighted by molar-refractivity contribution is -0.125. The Hall–Kier alpha value is -3.66. The summed E-state index contributed by atoms with van der Waals surface area (Å²) in [5.41, 5.74) is 0.343. The lowest BCUT2D eigenvalue weighted by atomic mass is 9.72. The van der Waals surface area contributed by atoms with E-state index in [1.54, 1.807) is 24.6 Å². The Balaban J connectivity index is 0.994. The molecule has 4 aliphatic heterocycles. The number of piperidine rings is 2. The molecule has 13 nitrogen and oxygen atoms in total. The van der Waals surface area contributed by atoms with Crippen LogP contribution in [0.2, 0.25) is 0 Å². The fourth-order valence-corrected chi connectivity index (χ4v) is 10.1. The Kier molecular flexibility index (Phi) is 12.1. The first-order chi connectivity index (χ1) is 25.3. The van der Waals surface area contributed by atoms with Crippen molar-refractivity contribution in [3.63, 3.8) is 0 Å². The maximum absolute atomic E-state index is 14.4. The van der Waals surface area contributed by atoms with E-state index < -0.39 is 16.0 Å². The van der Waals surface area contributed by atoms with E-state index in [2.05, 4.69) is 26.3 Å². The third-order valence-electron chi connectivity index (χ3n) is 11.4. The average Bonchev–Trinajstić information content (AvgIpc) is 3.39. The largest absolute Gasteiger partial charge is 0.451 e. The molecular weight excluding hydrogens is 700 g/mol. The molecular formula is C38H55FN8O5S. The summed E-state index contributed by atoms with van der Waals surface area (Å²) in [5.74, 6) is 0.848. The zero-order valence-corrected chi connectivity index (χ0v) is 32.4. The summed E-state index contributed by atoms with van der Waals surface area (Å²) >= 11 is 0. The highest BCUT2D eigenvalue weighted by Gasteiger charge is 2.46. The molecule has 4 fully saturated rings. The van der Waals surface area contributed by atoms with Crippen molar-refractivity contribution in [3.8, 4) is 11.5 Å². The van der Waals surface area contributed by atoms with Crippen LogP contribution in [0.25, 0.3) is 0 Å². The molecule has 1 spiro atoms. The Morgan fingerprint density at radius 2 is 1.66 bits per heavy atom. The first-order valence-electron chi connectivity index (χ1n) is 19.0. The minimum Gasteiger partial charge on any atom is -0.451 e. The van der Waals surface area contributed by atoms with Gasteiger partial charge in [-0.3, -0.25) is 9.59 Å². The highest BCUT2D eigenvalue weighted by molar-refractivity contribution is 7.86. The quantitative estimate of drug-likeness (QED) is 0.310. The number of carbonyl (C=O) groups is 2. The van der Waals surface area contributed by atoms with E-state index >= 15 is 0 Å². The molecule has 0 radical (unpaired) electrons. The SMILES string of the molecule is C=CC(=O)N1CCCN(S(=O)(=O)N2CCC(CN3CCC4(CC3)CN(c3ncncc3Oc3ccc(F)cc3C(=O)N(C(C)C)C(C)C)C4)CC2)CC1. The highest BCUT2D eigenvalue weighted by Crippen LogP contribution is 2.45. The summed E-state index contributed by atoms with van der Waals surface area (Å²) in [7, 11) is -3.56. The number of likely N-dealkylation sites (tertiary alicyclic amines) is 1. The smallest absolute Gasteiger partial charge is 0.282 e. The van der Waals surface area contributed by atoms with Gasteiger partial charge in [-0.15, -0.1) is 0 Å². The van der Waals surface area contributed by atoms with Crippen molar-refractivity contribution in [2.45, 2.75) is 71.9 Å². The number of nitrogens with zero attached hydrogens (tertiary/aromatic N) is 8. The lowest BCUT2D eigenvalue weighted by Gasteiger charge is -2.54. The van der Waals surface area contributed by atoms with Crippen LogP contribution in [0.1, 0.15) is 70.2 Å². The maximum Gasteiger partial charge on any atom is 0.282 e. The van der Waals surface area contributed by atoms with Crippen molar-refractivity contribution < 1.29 is 27.1 Å². The number of hydrogen-bond acceptors (Lipinski definition) is 9. The molecule has 4 aliphatic rings. The third kappa shape index (κ3) is 8.68. The molecule has 0 aliphatic carbocycles. The first-order valence-corrected chi connectivity index (χ1v) is 20.4. The van der Waals surface area contributed by atoms with Crippen molar-refractivity contribution in [2.75, 3.05) is 76.9 Å². The molecule has 2 amide bonds. The predicted molar refractivity (Wildman–Crippen MR) is 201 cm³/mol. The van der Waals surface area contributed by atoms with Gasteiger partial charge in [0, 0.05) is 76.4 Å². The van der Waals surface area contributed by atoms with E-state index in [0.717, 1.165) is 58.4 Å². The normalized spacial score (nSPS) is 20.7. The lowest BCUT2D eigenvalue weighted by Crippen LogP contribution is -2.61. The van der Waals surface area contributed by atoms with Crippen LogP contribution in [0, 0.1) is 17.2 Å². The molecule has 53 heavy (non-hydrogen) atoms. The van der Waals surface area contributed by atoms with Gasteiger partial charge in [0.25, 0.3) is 16.1 Å². The summed E-state index contributed by atoms with van der Waals surface area (Å²) in [6.45, 7) is 18.7. The van der Waals surface area contributed by atoms with E-state index in [4.69, 9.17) is 4.74 Å². The van der Waals surface area contributed by atoms with Gasteiger partial charge in [-0.05, 0) is 103 Å². The number of carbonyl (C=O) groups excluding carboxylic acids is 2. The number of aromatic nitrogens is 2. The Bertz CT molecular complexity index is 1730. The molecule has 0 atom stereocenters. The summed E-state index contributed by atoms with van der Waals surface area (Å²) in [4.78, 5) is 42.5. The molecule has 0 unspecified atom stereocenters. The number of ether oxygens (including phenoxy) is 1. The molecule has 1 aromatic carbocycles. The minimum absolute atomic E-state index is 0.0744. The van der Waals surface area contributed by atoms with Crippen LogP contribution in [-0.4, -0.2) is 138 Å². The molecule has 4 saturated heterocycles. The molecule has 6 rings (SSSR count). The number of halogens is 1. The van der Waals surface area contributed by atoms with Gasteiger partial charge in [-0.2, -0.15) is 17.0 Å². The van der Waals surface area contributed by atoms with Gasteiger partial charge >= 0.3 is 0 Å². The standard InChI is InChI=1S/C38H55FN8O5S/c1-6-35(48)43-14-7-15-45(21-20-43)53(50,51)46-16-10-30(11-17-46)24-42-18-12-38(13-19-42)25-44(26-38)36-34(23-40-27-41-36)52-33-9-8-31(39)22-32(33)37(49)47(28(2)3)29(4)5/h6,8-9,22-23,27-30H,1,7,10-21,24-26H2,2-5H3. The number of benzene rings is 1. The van der Waals surface area contributed by atoms with Crippen molar-refractivity contribution in [2.24, 2.45) is 11.3 Å². The molecule has 0 N–H and O–H groups in total. The van der Waals surface area contributed by atoms with Gasteiger partial charge in [-0.1, -0.05) is 6.58 Å². The fraction of sp³-hybridized carbons (Fsp3) is 0.632. The van der Waals surface area contributed by atoms with Crippen LogP contribution in [-0.2, 0) is 15.0 Å². The van der Waals surface area contributed by atoms with E-state index in [1.165, 1.54) is 30.6 Å². The van der Waals surface area contributed by atoms with Crippen LogP contribution in [0.3, 0.4) is 0 Å². The second-order valence-corrected chi connectivity index (χ2v) is 17.6. The number of anilines is 1. The zero-order valence-electron chi connectivity index (χ0n) is 31.6. The molecule has 15 heteroatoms. The van der Waals surface area contributed by atoms with E-state index in [0.29, 0.717) is 63.2 Å². The maximum atomic E-state index is 14.4. The number of amides is 2. The molecule has 0 bridgehead atoms. The van der Waals surface area contributed by atoms with E-state index in [-0.39, 0.29) is 40.6 Å². The molecule has 0 saturated carbocycles. The summed E-state index contributed by atoms with van der Waals surface area (Å²) in [6, 6.07) is 3.87. The van der Waals surface area contributed by atoms with Crippen molar-refractivity contribution in [1.29, 1.82) is 0 Å². The van der Waals surface area contributed by atoms with Crippen LogP contribution in [0.15, 0.2) is 43.4 Å². The second-order valence-electron chi connectivity index (χ2n) is 15.6. The Morgan fingerprint density at radius 1 is 0.981 bits per heavy atom. The van der Waals surface area contributed by atoms with Crippen LogP contribution in [0.5, 0.6) is 11.5 Å². The molecule has 5 heterocycles. The fourth-order valence-electron chi connectivity index (χ4n) is 8.47. The number of hydrogen-bond donors (Lipinski definition) is 0. The molecule has 1 aromatic heterocycles. The molecule has 2 aromatic rings. The topological polar surface area (TPSA) is 123 Å². The van der Waals surface area contributed by atoms with E-state index in [1.807, 2.05) is 27.7 Å². The van der Waals surface area contributed by atoms with Crippen molar-refractivity contribution in [1.82, 2.24) is 33.3 Å². The van der Waals surface area contributed by atoms with Gasteiger partial charge in [-0.25, -0.2) is 14.4 Å². The van der Waals surface area contributed by atoms with Crippen molar-refractivity contribution in [3.05, 3.63) is 54.8 Å². The van der Waals surface area contributed by atoms with Crippen LogP contribution < -0.4 is 9.64 Å². The monoisotopic (exact) mass is 754 g/mol. The van der Waals surface area contributed by atoms with Gasteiger partial charge in [0.15, 0.2) is 11.6 Å². The Labute approximate surface area is 313 Å². The average molecular weight is 755 g/mol. The summed E-state index contributed by atoms with van der Waals surface area (Å²) in [6.07, 6.45) is 8.81. The highest BCUT2D eigenvalue weighted by atomic mass is 32.2. The van der Waals surface area contributed by atoms with Gasteiger partial charge in [0.1, 0.15) is 17.9 Å². The van der Waals surface area contributed by atoms with Gasteiger partial charge in [0.05, 0.1) is 11.8 Å². The van der Waals surface area contributed by atoms with Crippen LogP contribution >= 0.6 is 0 Å². The first kappa shape index (κ1) is 39.0. The van der Waals surface area contributed by atoms with E-state index in [9.17, 15) is 22.4 Å². The molecule has 290 valence electrons. The minimum atomic E-state index is -3.56.